The lowest BCUT2D eigenvalue weighted by molar-refractivity contribution is 0.0700. The zero-order valence-corrected chi connectivity index (χ0v) is 8.34. The highest BCUT2D eigenvalue weighted by Gasteiger charge is 2.58. The summed E-state index contributed by atoms with van der Waals surface area (Å²) >= 11 is 0. The van der Waals surface area contributed by atoms with Crippen molar-refractivity contribution in [3.05, 3.63) is 0 Å². The quantitative estimate of drug-likeness (QED) is 0.643. The van der Waals surface area contributed by atoms with Crippen molar-refractivity contribution in [2.75, 3.05) is 0 Å². The molecule has 72 valence electrons. The van der Waals surface area contributed by atoms with Crippen molar-refractivity contribution >= 4 is 0 Å². The van der Waals surface area contributed by atoms with E-state index in [1.165, 1.54) is 32.1 Å². The average Bonchev–Trinajstić information content (AvgIpc) is 2.89. The number of fused-ring (bicyclic) bond motifs is 1. The fourth-order valence-electron chi connectivity index (χ4n) is 2.92. The minimum absolute atomic E-state index is 0.148. The Morgan fingerprint density at radius 2 is 2.38 bits per heavy atom. The highest BCUT2D eigenvalue weighted by molar-refractivity contribution is 5.11. The predicted molar refractivity (Wildman–Crippen MR) is 53.1 cm³/mol. The van der Waals surface area contributed by atoms with Gasteiger partial charge >= 0.3 is 0 Å². The first-order valence-corrected chi connectivity index (χ1v) is 5.37. The molecule has 1 nitrogen and oxygen atoms in total. The summed E-state index contributed by atoms with van der Waals surface area (Å²) in [6.45, 7) is 1.84. The molecule has 0 aromatic carbocycles. The van der Waals surface area contributed by atoms with Crippen molar-refractivity contribution in [3.8, 4) is 11.8 Å². The van der Waals surface area contributed by atoms with Crippen LogP contribution in [0, 0.1) is 23.2 Å². The standard InChI is InChI=1S/C12H18O/c1-2-3-7-11(13)12-8-5-4-6-10(12)9-12/h10-11,13H,4-9H2,1H3. The first kappa shape index (κ1) is 9.09. The Kier molecular flexibility index (Phi) is 2.34. The lowest BCUT2D eigenvalue weighted by Gasteiger charge is -2.26. The molecule has 0 amide bonds. The maximum absolute atomic E-state index is 10.0. The fourth-order valence-corrected chi connectivity index (χ4v) is 2.92. The third-order valence-electron chi connectivity index (χ3n) is 3.86. The Morgan fingerprint density at radius 3 is 3.08 bits per heavy atom. The van der Waals surface area contributed by atoms with Gasteiger partial charge in [-0.2, -0.15) is 0 Å². The topological polar surface area (TPSA) is 20.2 Å². The maximum Gasteiger partial charge on any atom is 0.0708 e. The van der Waals surface area contributed by atoms with E-state index in [1.807, 2.05) is 6.92 Å². The molecule has 3 atom stereocenters. The molecule has 0 heterocycles. The summed E-state index contributed by atoms with van der Waals surface area (Å²) in [5, 5.41) is 10.0. The molecule has 2 aliphatic rings. The number of aliphatic hydroxyl groups is 1. The summed E-state index contributed by atoms with van der Waals surface area (Å²) in [6, 6.07) is 0. The van der Waals surface area contributed by atoms with Gasteiger partial charge in [0, 0.05) is 11.8 Å². The minimum atomic E-state index is -0.148. The van der Waals surface area contributed by atoms with Gasteiger partial charge in [0.1, 0.15) is 0 Å². The smallest absolute Gasteiger partial charge is 0.0708 e. The maximum atomic E-state index is 10.0. The lowest BCUT2D eigenvalue weighted by Crippen LogP contribution is -2.25. The van der Waals surface area contributed by atoms with Crippen LogP contribution in [-0.2, 0) is 0 Å². The third kappa shape index (κ3) is 1.48. The Morgan fingerprint density at radius 1 is 1.54 bits per heavy atom. The van der Waals surface area contributed by atoms with E-state index in [2.05, 4.69) is 11.8 Å². The highest BCUT2D eigenvalue weighted by atomic mass is 16.3. The van der Waals surface area contributed by atoms with Crippen LogP contribution in [0.4, 0.5) is 0 Å². The van der Waals surface area contributed by atoms with Crippen molar-refractivity contribution in [2.45, 2.75) is 51.6 Å². The minimum Gasteiger partial charge on any atom is -0.392 e. The van der Waals surface area contributed by atoms with Crippen molar-refractivity contribution in [2.24, 2.45) is 11.3 Å². The summed E-state index contributed by atoms with van der Waals surface area (Å²) in [6.07, 6.45) is 7.07. The van der Waals surface area contributed by atoms with E-state index in [0.717, 1.165) is 5.92 Å². The third-order valence-corrected chi connectivity index (χ3v) is 3.86. The van der Waals surface area contributed by atoms with Crippen LogP contribution in [0.25, 0.3) is 0 Å². The van der Waals surface area contributed by atoms with Gasteiger partial charge in [0.05, 0.1) is 6.10 Å². The van der Waals surface area contributed by atoms with Crippen LogP contribution >= 0.6 is 0 Å². The van der Waals surface area contributed by atoms with Gasteiger partial charge in [-0.15, -0.1) is 11.8 Å². The largest absolute Gasteiger partial charge is 0.392 e. The van der Waals surface area contributed by atoms with E-state index >= 15 is 0 Å². The normalized spacial score (nSPS) is 38.5. The molecule has 0 aromatic rings. The summed E-state index contributed by atoms with van der Waals surface area (Å²) < 4.78 is 0. The molecule has 1 N–H and O–H groups in total. The van der Waals surface area contributed by atoms with E-state index in [1.54, 1.807) is 0 Å². The van der Waals surface area contributed by atoms with Crippen LogP contribution in [0.2, 0.25) is 0 Å². The van der Waals surface area contributed by atoms with E-state index < -0.39 is 0 Å². The lowest BCUT2D eigenvalue weighted by atomic mass is 9.83. The number of aliphatic hydroxyl groups excluding tert-OH is 1. The van der Waals surface area contributed by atoms with Crippen LogP contribution < -0.4 is 0 Å². The van der Waals surface area contributed by atoms with Crippen LogP contribution in [0.15, 0.2) is 0 Å². The van der Waals surface area contributed by atoms with E-state index in [0.29, 0.717) is 11.8 Å². The summed E-state index contributed by atoms with van der Waals surface area (Å²) in [5.41, 5.74) is 0.308. The SMILES string of the molecule is CC#CCC(O)C12CCCCC1C2. The van der Waals surface area contributed by atoms with Crippen molar-refractivity contribution < 1.29 is 5.11 Å². The molecule has 13 heavy (non-hydrogen) atoms. The first-order chi connectivity index (χ1) is 6.29. The zero-order valence-electron chi connectivity index (χ0n) is 8.34. The van der Waals surface area contributed by atoms with Crippen LogP contribution in [-0.4, -0.2) is 11.2 Å². The monoisotopic (exact) mass is 178 g/mol. The fraction of sp³-hybridized carbons (Fsp3) is 0.833. The Bertz CT molecular complexity index is 248. The van der Waals surface area contributed by atoms with E-state index in [4.69, 9.17) is 0 Å². The van der Waals surface area contributed by atoms with E-state index in [-0.39, 0.29) is 6.10 Å². The number of rotatable bonds is 2. The molecule has 0 bridgehead atoms. The van der Waals surface area contributed by atoms with Crippen LogP contribution in [0.5, 0.6) is 0 Å². The Hall–Kier alpha value is -0.480. The summed E-state index contributed by atoms with van der Waals surface area (Å²) in [7, 11) is 0. The second-order valence-corrected chi connectivity index (χ2v) is 4.53. The Balaban J connectivity index is 1.95. The van der Waals surface area contributed by atoms with Gasteiger partial charge in [-0.3, -0.25) is 0 Å². The molecule has 2 saturated carbocycles. The van der Waals surface area contributed by atoms with Crippen molar-refractivity contribution in [1.29, 1.82) is 0 Å². The van der Waals surface area contributed by atoms with Gasteiger partial charge in [0.15, 0.2) is 0 Å². The van der Waals surface area contributed by atoms with Gasteiger partial charge in [-0.25, -0.2) is 0 Å². The van der Waals surface area contributed by atoms with Gasteiger partial charge < -0.3 is 5.11 Å². The predicted octanol–water partition coefficient (Wildman–Crippen LogP) is 2.34. The second-order valence-electron chi connectivity index (χ2n) is 4.53. The van der Waals surface area contributed by atoms with Crippen LogP contribution in [0.3, 0.4) is 0 Å². The average molecular weight is 178 g/mol. The van der Waals surface area contributed by atoms with Gasteiger partial charge in [0.25, 0.3) is 0 Å². The molecule has 2 fully saturated rings. The molecule has 0 radical (unpaired) electrons. The summed E-state index contributed by atoms with van der Waals surface area (Å²) in [5.74, 6) is 6.69. The van der Waals surface area contributed by atoms with E-state index in [9.17, 15) is 5.11 Å². The zero-order chi connectivity index (χ0) is 9.31. The summed E-state index contributed by atoms with van der Waals surface area (Å²) in [4.78, 5) is 0. The molecular formula is C12H18O. The number of hydrogen-bond acceptors (Lipinski definition) is 1. The Labute approximate surface area is 80.5 Å². The molecule has 2 aliphatic carbocycles. The van der Waals surface area contributed by atoms with Crippen molar-refractivity contribution in [1.82, 2.24) is 0 Å². The van der Waals surface area contributed by atoms with Gasteiger partial charge in [-0.05, 0) is 32.1 Å². The van der Waals surface area contributed by atoms with Crippen LogP contribution in [0.1, 0.15) is 45.4 Å². The first-order valence-electron chi connectivity index (χ1n) is 5.37. The second kappa shape index (κ2) is 3.35. The molecule has 0 saturated heterocycles. The molecule has 0 aliphatic heterocycles. The highest BCUT2D eigenvalue weighted by Crippen LogP contribution is 2.63. The van der Waals surface area contributed by atoms with Gasteiger partial charge in [0.2, 0.25) is 0 Å². The van der Waals surface area contributed by atoms with Gasteiger partial charge in [-0.1, -0.05) is 12.8 Å². The molecule has 0 spiro atoms. The molecule has 3 unspecified atom stereocenters. The molecule has 0 aromatic heterocycles. The number of hydrogen-bond donors (Lipinski definition) is 1. The molecular weight excluding hydrogens is 160 g/mol. The molecule has 2 rings (SSSR count). The molecule has 1 heteroatoms. The van der Waals surface area contributed by atoms with Crippen molar-refractivity contribution in [3.63, 3.8) is 0 Å².